The molecular formula is C23H24N4O8. The van der Waals surface area contributed by atoms with E-state index < -0.39 is 35.5 Å². The molecule has 1 aromatic carbocycles. The largest absolute Gasteiger partial charge is 0.467 e. The van der Waals surface area contributed by atoms with E-state index in [4.69, 9.17) is 13.9 Å². The van der Waals surface area contributed by atoms with Gasteiger partial charge in [-0.3, -0.25) is 10.1 Å². The monoisotopic (exact) mass is 484 g/mol. The van der Waals surface area contributed by atoms with Crippen LogP contribution in [-0.2, 0) is 14.3 Å². The van der Waals surface area contributed by atoms with E-state index in [1.165, 1.54) is 24.5 Å². The van der Waals surface area contributed by atoms with Crippen LogP contribution in [-0.4, -0.2) is 49.2 Å². The molecule has 1 unspecified atom stereocenters. The second-order valence-electron chi connectivity index (χ2n) is 7.89. The van der Waals surface area contributed by atoms with E-state index in [0.717, 1.165) is 12.8 Å². The van der Waals surface area contributed by atoms with Gasteiger partial charge in [-0.1, -0.05) is 0 Å². The highest BCUT2D eigenvalue weighted by Gasteiger charge is 2.36. The van der Waals surface area contributed by atoms with Gasteiger partial charge in [-0.25, -0.2) is 14.4 Å². The Morgan fingerprint density at radius 3 is 2.63 bits per heavy atom. The van der Waals surface area contributed by atoms with Gasteiger partial charge in [0.1, 0.15) is 24.1 Å². The number of nitrogens with zero attached hydrogens (tertiary/aromatic N) is 2. The summed E-state index contributed by atoms with van der Waals surface area (Å²) < 4.78 is 15.8. The molecule has 2 amide bonds. The number of nitrogens with one attached hydrogen (secondary N) is 2. The van der Waals surface area contributed by atoms with Gasteiger partial charge >= 0.3 is 18.0 Å². The molecule has 2 aliphatic heterocycles. The first kappa shape index (κ1) is 23.8. The van der Waals surface area contributed by atoms with Gasteiger partial charge in [0.2, 0.25) is 0 Å². The van der Waals surface area contributed by atoms with Crippen molar-refractivity contribution in [3.05, 3.63) is 69.3 Å². The molecule has 4 rings (SSSR count). The van der Waals surface area contributed by atoms with E-state index in [-0.39, 0.29) is 29.1 Å². The zero-order chi connectivity index (χ0) is 24.9. The zero-order valence-corrected chi connectivity index (χ0v) is 18.9. The smallest absolute Gasteiger partial charge is 0.338 e. The summed E-state index contributed by atoms with van der Waals surface area (Å²) in [6.07, 6.45) is 3.28. The number of benzene rings is 1. The fourth-order valence-corrected chi connectivity index (χ4v) is 4.09. The summed E-state index contributed by atoms with van der Waals surface area (Å²) in [4.78, 5) is 50.7. The van der Waals surface area contributed by atoms with Gasteiger partial charge in [0, 0.05) is 19.2 Å². The third kappa shape index (κ3) is 5.10. The molecule has 0 bridgehead atoms. The van der Waals surface area contributed by atoms with Crippen molar-refractivity contribution in [3.63, 3.8) is 0 Å². The Kier molecular flexibility index (Phi) is 6.99. The molecule has 1 atom stereocenters. The molecule has 2 N–H and O–H groups in total. The highest BCUT2D eigenvalue weighted by atomic mass is 16.6. The number of ether oxygens (including phenoxy) is 2. The van der Waals surface area contributed by atoms with Crippen molar-refractivity contribution in [2.24, 2.45) is 0 Å². The molecule has 2 aromatic rings. The molecule has 3 heterocycles. The number of carbonyl (C=O) groups excluding carboxylic acids is 3. The molecule has 35 heavy (non-hydrogen) atoms. The van der Waals surface area contributed by atoms with Crippen molar-refractivity contribution < 1.29 is 33.2 Å². The van der Waals surface area contributed by atoms with Gasteiger partial charge in [-0.2, -0.15) is 0 Å². The Morgan fingerprint density at radius 2 is 1.97 bits per heavy atom. The third-order valence-corrected chi connectivity index (χ3v) is 5.68. The fraction of sp³-hybridized carbons (Fsp3) is 0.348. The van der Waals surface area contributed by atoms with Gasteiger partial charge in [0.25, 0.3) is 5.69 Å². The molecule has 12 heteroatoms. The molecular weight excluding hydrogens is 460 g/mol. The van der Waals surface area contributed by atoms with Crippen molar-refractivity contribution >= 4 is 29.3 Å². The SMILES string of the molecule is CCOC(=O)C1=C(COC(=O)c2ccc(N3CCCC3)c([N+](=O)[O-])c2)NC(=O)NC1c1ccco1. The van der Waals surface area contributed by atoms with Gasteiger partial charge in [-0.05, 0) is 44.0 Å². The summed E-state index contributed by atoms with van der Waals surface area (Å²) in [6.45, 7) is 2.66. The summed E-state index contributed by atoms with van der Waals surface area (Å²) in [7, 11) is 0. The van der Waals surface area contributed by atoms with Crippen LogP contribution in [0.2, 0.25) is 0 Å². The van der Waals surface area contributed by atoms with E-state index in [2.05, 4.69) is 10.6 Å². The minimum absolute atomic E-state index is 0.0181. The zero-order valence-electron chi connectivity index (χ0n) is 18.9. The summed E-state index contributed by atoms with van der Waals surface area (Å²) in [5.74, 6) is -1.28. The molecule has 1 saturated heterocycles. The van der Waals surface area contributed by atoms with Crippen LogP contribution < -0.4 is 15.5 Å². The lowest BCUT2D eigenvalue weighted by molar-refractivity contribution is -0.384. The Bertz CT molecular complexity index is 1170. The van der Waals surface area contributed by atoms with Crippen molar-refractivity contribution in [1.82, 2.24) is 10.6 Å². The minimum Gasteiger partial charge on any atom is -0.467 e. The predicted molar refractivity (Wildman–Crippen MR) is 122 cm³/mol. The second kappa shape index (κ2) is 10.3. The number of rotatable bonds is 8. The Morgan fingerprint density at radius 1 is 1.20 bits per heavy atom. The maximum Gasteiger partial charge on any atom is 0.338 e. The van der Waals surface area contributed by atoms with Crippen LogP contribution >= 0.6 is 0 Å². The molecule has 1 aromatic heterocycles. The molecule has 0 spiro atoms. The van der Waals surface area contributed by atoms with Gasteiger partial charge in [-0.15, -0.1) is 0 Å². The maximum absolute atomic E-state index is 12.7. The minimum atomic E-state index is -0.952. The molecule has 0 radical (unpaired) electrons. The molecule has 1 fully saturated rings. The number of hydrogen-bond donors (Lipinski definition) is 2. The van der Waals surface area contributed by atoms with Gasteiger partial charge in [0.05, 0.1) is 34.6 Å². The number of esters is 2. The van der Waals surface area contributed by atoms with E-state index in [1.807, 2.05) is 4.90 Å². The highest BCUT2D eigenvalue weighted by molar-refractivity contribution is 5.95. The van der Waals surface area contributed by atoms with Gasteiger partial charge < -0.3 is 29.4 Å². The number of hydrogen-bond acceptors (Lipinski definition) is 9. The molecule has 12 nitrogen and oxygen atoms in total. The predicted octanol–water partition coefficient (Wildman–Crippen LogP) is 2.82. The van der Waals surface area contributed by atoms with E-state index in [0.29, 0.717) is 24.5 Å². The summed E-state index contributed by atoms with van der Waals surface area (Å²) >= 11 is 0. The summed E-state index contributed by atoms with van der Waals surface area (Å²) in [5.41, 5.74) is 0.263. The lowest BCUT2D eigenvalue weighted by Crippen LogP contribution is -2.47. The first-order valence-corrected chi connectivity index (χ1v) is 11.1. The molecule has 2 aliphatic rings. The number of furan rings is 1. The van der Waals surface area contributed by atoms with Crippen molar-refractivity contribution in [3.8, 4) is 0 Å². The van der Waals surface area contributed by atoms with Gasteiger partial charge in [0.15, 0.2) is 0 Å². The number of nitro benzene ring substituents is 1. The van der Waals surface area contributed by atoms with Crippen LogP contribution in [0.15, 0.2) is 52.3 Å². The van der Waals surface area contributed by atoms with Crippen LogP contribution in [0.25, 0.3) is 0 Å². The van der Waals surface area contributed by atoms with E-state index in [9.17, 15) is 24.5 Å². The topological polar surface area (TPSA) is 153 Å². The highest BCUT2D eigenvalue weighted by Crippen LogP contribution is 2.32. The average molecular weight is 484 g/mol. The van der Waals surface area contributed by atoms with E-state index >= 15 is 0 Å². The van der Waals surface area contributed by atoms with Crippen LogP contribution in [0.5, 0.6) is 0 Å². The fourth-order valence-electron chi connectivity index (χ4n) is 4.09. The first-order valence-electron chi connectivity index (χ1n) is 11.1. The number of carbonyl (C=O) groups is 3. The van der Waals surface area contributed by atoms with Crippen LogP contribution in [0, 0.1) is 10.1 Å². The normalized spacial score (nSPS) is 17.6. The molecule has 0 saturated carbocycles. The summed E-state index contributed by atoms with van der Waals surface area (Å²) in [6, 6.07) is 5.76. The average Bonchev–Trinajstić information content (AvgIpc) is 3.56. The number of amides is 2. The lowest BCUT2D eigenvalue weighted by Gasteiger charge is -2.27. The lowest BCUT2D eigenvalue weighted by atomic mass is 10.0. The molecule has 184 valence electrons. The Labute approximate surface area is 200 Å². The number of anilines is 1. The van der Waals surface area contributed by atoms with Crippen molar-refractivity contribution in [1.29, 1.82) is 0 Å². The van der Waals surface area contributed by atoms with Crippen molar-refractivity contribution in [2.75, 3.05) is 31.2 Å². The second-order valence-corrected chi connectivity index (χ2v) is 7.89. The van der Waals surface area contributed by atoms with Crippen LogP contribution in [0.4, 0.5) is 16.2 Å². The van der Waals surface area contributed by atoms with Crippen molar-refractivity contribution in [2.45, 2.75) is 25.8 Å². The number of urea groups is 1. The van der Waals surface area contributed by atoms with Crippen LogP contribution in [0.1, 0.15) is 41.9 Å². The Balaban J connectivity index is 1.58. The van der Waals surface area contributed by atoms with E-state index in [1.54, 1.807) is 19.1 Å². The quantitative estimate of drug-likeness (QED) is 0.327. The molecule has 0 aliphatic carbocycles. The first-order chi connectivity index (χ1) is 16.9. The standard InChI is InChI=1S/C23H24N4O8/c1-2-33-22(29)19-15(24-23(30)25-20(19)18-6-5-11-34-18)13-35-21(28)14-7-8-16(17(12-14)27(31)32)26-9-3-4-10-26/h5-8,11-12,20H,2-4,9-10,13H2,1H3,(H2,24,25,30). The van der Waals surface area contributed by atoms with Crippen LogP contribution in [0.3, 0.4) is 0 Å². The Hall–Kier alpha value is -4.35. The third-order valence-electron chi connectivity index (χ3n) is 5.68. The summed E-state index contributed by atoms with van der Waals surface area (Å²) in [5, 5.41) is 16.7. The number of nitro groups is 1. The maximum atomic E-state index is 12.7.